The Morgan fingerprint density at radius 3 is 2.09 bits per heavy atom. The number of hydrazone groups is 1. The molecular formula is C24H18BrN5O2. The first-order valence-corrected chi connectivity index (χ1v) is 10.5. The van der Waals surface area contributed by atoms with Gasteiger partial charge < -0.3 is 0 Å². The summed E-state index contributed by atoms with van der Waals surface area (Å²) in [5.74, 6) is 0.433. The standard InChI is InChI=1S/C24H18BrN5O2/c1-29(26-16-17-7-13-21(14-8-17)30(31)32)24-27-22(18-5-3-2-4-6-18)15-23(28-24)19-9-11-20(25)12-10-19/h2-16H,1H3. The molecular weight excluding hydrogens is 470 g/mol. The second-order valence-corrected chi connectivity index (χ2v) is 7.84. The van der Waals surface area contributed by atoms with Gasteiger partial charge in [0.1, 0.15) is 0 Å². The molecule has 8 heteroatoms. The Hall–Kier alpha value is -3.91. The zero-order valence-electron chi connectivity index (χ0n) is 17.1. The van der Waals surface area contributed by atoms with Gasteiger partial charge in [-0.2, -0.15) is 5.10 Å². The Bertz CT molecular complexity index is 1260. The number of nitro groups is 1. The SMILES string of the molecule is CN(N=Cc1ccc([N+](=O)[O-])cc1)c1nc(-c2ccccc2)cc(-c2ccc(Br)cc2)n1. The molecule has 1 heterocycles. The summed E-state index contributed by atoms with van der Waals surface area (Å²) in [6.07, 6.45) is 1.61. The summed E-state index contributed by atoms with van der Waals surface area (Å²) in [7, 11) is 1.76. The predicted molar refractivity (Wildman–Crippen MR) is 130 cm³/mol. The first-order valence-electron chi connectivity index (χ1n) is 9.72. The summed E-state index contributed by atoms with van der Waals surface area (Å²) in [5, 5.41) is 16.8. The van der Waals surface area contributed by atoms with Crippen molar-refractivity contribution in [1.82, 2.24) is 9.97 Å². The third kappa shape index (κ3) is 5.04. The van der Waals surface area contributed by atoms with Crippen LogP contribution in [0.15, 0.2) is 94.5 Å². The highest BCUT2D eigenvalue weighted by atomic mass is 79.9. The minimum atomic E-state index is -0.431. The molecule has 0 aliphatic heterocycles. The van der Waals surface area contributed by atoms with Gasteiger partial charge in [-0.3, -0.25) is 10.1 Å². The third-order valence-corrected chi connectivity index (χ3v) is 5.23. The molecule has 0 saturated carbocycles. The Morgan fingerprint density at radius 1 is 0.906 bits per heavy atom. The number of hydrogen-bond acceptors (Lipinski definition) is 6. The highest BCUT2D eigenvalue weighted by Crippen LogP contribution is 2.27. The molecule has 7 nitrogen and oxygen atoms in total. The average Bonchev–Trinajstić information content (AvgIpc) is 2.83. The monoisotopic (exact) mass is 487 g/mol. The lowest BCUT2D eigenvalue weighted by atomic mass is 10.1. The van der Waals surface area contributed by atoms with Gasteiger partial charge in [-0.15, -0.1) is 0 Å². The van der Waals surface area contributed by atoms with Gasteiger partial charge in [0, 0.05) is 34.8 Å². The number of anilines is 1. The number of benzene rings is 3. The lowest BCUT2D eigenvalue weighted by Crippen LogP contribution is -2.13. The molecule has 0 fully saturated rings. The van der Waals surface area contributed by atoms with Crippen molar-refractivity contribution in [3.63, 3.8) is 0 Å². The van der Waals surface area contributed by atoms with Crippen molar-refractivity contribution in [2.24, 2.45) is 5.10 Å². The first-order chi connectivity index (χ1) is 15.5. The van der Waals surface area contributed by atoms with E-state index in [1.807, 2.05) is 60.7 Å². The fraction of sp³-hybridized carbons (Fsp3) is 0.0417. The Morgan fingerprint density at radius 2 is 1.50 bits per heavy atom. The van der Waals surface area contributed by atoms with Crippen LogP contribution in [0.2, 0.25) is 0 Å². The Balaban J connectivity index is 1.69. The van der Waals surface area contributed by atoms with Crippen LogP contribution in [0.5, 0.6) is 0 Å². The molecule has 1 aromatic heterocycles. The van der Waals surface area contributed by atoms with Crippen molar-refractivity contribution in [3.05, 3.63) is 105 Å². The van der Waals surface area contributed by atoms with Crippen molar-refractivity contribution in [1.29, 1.82) is 0 Å². The number of nitro benzene ring substituents is 1. The van der Waals surface area contributed by atoms with E-state index in [9.17, 15) is 10.1 Å². The van der Waals surface area contributed by atoms with Crippen LogP contribution in [0.4, 0.5) is 11.6 Å². The van der Waals surface area contributed by atoms with E-state index in [1.165, 1.54) is 12.1 Å². The van der Waals surface area contributed by atoms with Crippen molar-refractivity contribution in [2.45, 2.75) is 0 Å². The summed E-state index contributed by atoms with van der Waals surface area (Å²) in [6.45, 7) is 0. The molecule has 0 aliphatic carbocycles. The van der Waals surface area contributed by atoms with Crippen molar-refractivity contribution in [2.75, 3.05) is 12.1 Å². The molecule has 0 spiro atoms. The lowest BCUT2D eigenvalue weighted by molar-refractivity contribution is -0.384. The quantitative estimate of drug-likeness (QED) is 0.190. The fourth-order valence-electron chi connectivity index (χ4n) is 2.99. The molecule has 158 valence electrons. The number of halogens is 1. The van der Waals surface area contributed by atoms with Crippen LogP contribution < -0.4 is 5.01 Å². The lowest BCUT2D eigenvalue weighted by Gasteiger charge is -2.14. The zero-order valence-corrected chi connectivity index (χ0v) is 18.7. The maximum atomic E-state index is 10.8. The van der Waals surface area contributed by atoms with E-state index < -0.39 is 4.92 Å². The maximum absolute atomic E-state index is 10.8. The average molecular weight is 488 g/mol. The van der Waals surface area contributed by atoms with E-state index in [-0.39, 0.29) is 5.69 Å². The molecule has 0 atom stereocenters. The third-order valence-electron chi connectivity index (χ3n) is 4.70. The first kappa shape index (κ1) is 21.3. The van der Waals surface area contributed by atoms with Gasteiger partial charge in [0.15, 0.2) is 0 Å². The minimum absolute atomic E-state index is 0.0357. The highest BCUT2D eigenvalue weighted by molar-refractivity contribution is 9.10. The van der Waals surface area contributed by atoms with Gasteiger partial charge in [0.25, 0.3) is 5.69 Å². The summed E-state index contributed by atoms with van der Waals surface area (Å²) in [6, 6.07) is 25.9. The maximum Gasteiger partial charge on any atom is 0.269 e. The number of rotatable bonds is 6. The highest BCUT2D eigenvalue weighted by Gasteiger charge is 2.11. The van der Waals surface area contributed by atoms with E-state index in [4.69, 9.17) is 9.97 Å². The van der Waals surface area contributed by atoms with Crippen LogP contribution >= 0.6 is 15.9 Å². The number of non-ortho nitro benzene ring substituents is 1. The van der Waals surface area contributed by atoms with E-state index in [1.54, 1.807) is 30.4 Å². The number of aromatic nitrogens is 2. The van der Waals surface area contributed by atoms with Gasteiger partial charge in [0.05, 0.1) is 22.5 Å². The van der Waals surface area contributed by atoms with Gasteiger partial charge in [-0.25, -0.2) is 15.0 Å². The topological polar surface area (TPSA) is 84.5 Å². The molecule has 0 radical (unpaired) electrons. The van der Waals surface area contributed by atoms with Crippen LogP contribution in [0.3, 0.4) is 0 Å². The second-order valence-electron chi connectivity index (χ2n) is 6.93. The second kappa shape index (κ2) is 9.49. The Labute approximate surface area is 193 Å². The van der Waals surface area contributed by atoms with E-state index in [0.29, 0.717) is 5.95 Å². The van der Waals surface area contributed by atoms with Crippen LogP contribution in [0.25, 0.3) is 22.5 Å². The van der Waals surface area contributed by atoms with Gasteiger partial charge in [-0.05, 0) is 35.9 Å². The molecule has 0 N–H and O–H groups in total. The largest absolute Gasteiger partial charge is 0.269 e. The van der Waals surface area contributed by atoms with E-state index in [0.717, 1.165) is 32.6 Å². The summed E-state index contributed by atoms with van der Waals surface area (Å²) >= 11 is 3.46. The van der Waals surface area contributed by atoms with Crippen LogP contribution in [0, 0.1) is 10.1 Å². The molecule has 4 rings (SSSR count). The fourth-order valence-corrected chi connectivity index (χ4v) is 3.26. The molecule has 3 aromatic carbocycles. The molecule has 4 aromatic rings. The van der Waals surface area contributed by atoms with Crippen molar-refractivity contribution >= 4 is 33.8 Å². The van der Waals surface area contributed by atoms with Crippen molar-refractivity contribution in [3.8, 4) is 22.5 Å². The molecule has 0 aliphatic rings. The number of nitrogens with zero attached hydrogens (tertiary/aromatic N) is 5. The summed E-state index contributed by atoms with van der Waals surface area (Å²) in [4.78, 5) is 19.8. The molecule has 0 amide bonds. The van der Waals surface area contributed by atoms with E-state index >= 15 is 0 Å². The normalized spacial score (nSPS) is 10.9. The molecule has 0 saturated heterocycles. The van der Waals surface area contributed by atoms with Crippen LogP contribution in [-0.2, 0) is 0 Å². The molecule has 0 unspecified atom stereocenters. The summed E-state index contributed by atoms with van der Waals surface area (Å²) in [5.41, 5.74) is 4.26. The smallest absolute Gasteiger partial charge is 0.258 e. The van der Waals surface area contributed by atoms with Crippen molar-refractivity contribution < 1.29 is 4.92 Å². The molecule has 32 heavy (non-hydrogen) atoms. The predicted octanol–water partition coefficient (Wildman–Crippen LogP) is 5.95. The summed E-state index contributed by atoms with van der Waals surface area (Å²) < 4.78 is 0.989. The van der Waals surface area contributed by atoms with Gasteiger partial charge in [0.2, 0.25) is 5.95 Å². The van der Waals surface area contributed by atoms with Gasteiger partial charge in [-0.1, -0.05) is 58.4 Å². The Kier molecular flexibility index (Phi) is 6.32. The van der Waals surface area contributed by atoms with Crippen LogP contribution in [-0.4, -0.2) is 28.2 Å². The van der Waals surface area contributed by atoms with Gasteiger partial charge >= 0.3 is 0 Å². The minimum Gasteiger partial charge on any atom is -0.258 e. The van der Waals surface area contributed by atoms with Crippen LogP contribution in [0.1, 0.15) is 5.56 Å². The zero-order chi connectivity index (χ0) is 22.5. The van der Waals surface area contributed by atoms with E-state index in [2.05, 4.69) is 21.0 Å². The number of hydrogen-bond donors (Lipinski definition) is 0. The molecule has 0 bridgehead atoms.